The van der Waals surface area contributed by atoms with E-state index in [1.54, 1.807) is 30.6 Å². The fraction of sp³-hybridized carbons (Fsp3) is 0.0909. The highest BCUT2D eigenvalue weighted by Gasteiger charge is 2.04. The molecular weight excluding hydrogens is 225 g/mol. The van der Waals surface area contributed by atoms with Crippen LogP contribution in [0.4, 0.5) is 4.39 Å². The van der Waals surface area contributed by atoms with Crippen molar-refractivity contribution in [3.8, 4) is 0 Å². The number of halogens is 1. The molecule has 3 nitrogen and oxygen atoms in total. The predicted molar refractivity (Wildman–Crippen MR) is 60.4 cm³/mol. The summed E-state index contributed by atoms with van der Waals surface area (Å²) in [5.41, 5.74) is 6.29. The van der Waals surface area contributed by atoms with Gasteiger partial charge in [0.2, 0.25) is 0 Å². The van der Waals surface area contributed by atoms with E-state index in [-0.39, 0.29) is 5.82 Å². The van der Waals surface area contributed by atoms with Crippen LogP contribution in [0.25, 0.3) is 0 Å². The zero-order valence-electron chi connectivity index (χ0n) is 8.43. The molecule has 0 unspecified atom stereocenters. The summed E-state index contributed by atoms with van der Waals surface area (Å²) in [6, 6.07) is 6.54. The van der Waals surface area contributed by atoms with E-state index in [4.69, 9.17) is 5.73 Å². The van der Waals surface area contributed by atoms with Crippen molar-refractivity contribution in [2.45, 2.75) is 16.6 Å². The summed E-state index contributed by atoms with van der Waals surface area (Å²) in [5, 5.41) is 0.516. The Hall–Kier alpha value is -1.46. The molecule has 0 aliphatic heterocycles. The average molecular weight is 235 g/mol. The van der Waals surface area contributed by atoms with Gasteiger partial charge in [0.25, 0.3) is 0 Å². The molecule has 1 aromatic heterocycles. The van der Waals surface area contributed by atoms with Gasteiger partial charge in [-0.15, -0.1) is 0 Å². The molecule has 2 aromatic rings. The Balaban J connectivity index is 2.18. The molecule has 0 amide bonds. The minimum atomic E-state index is -0.265. The lowest BCUT2D eigenvalue weighted by molar-refractivity contribution is 0.601. The van der Waals surface area contributed by atoms with Crippen LogP contribution in [-0.2, 0) is 6.54 Å². The summed E-state index contributed by atoms with van der Waals surface area (Å²) in [7, 11) is 0. The maximum absolute atomic E-state index is 13.3. The van der Waals surface area contributed by atoms with Gasteiger partial charge in [-0.1, -0.05) is 12.1 Å². The standard InChI is InChI=1S/C11H10FN3S/c12-9-3-1-2-4-10(9)16-11-14-6-8(5-13)7-15-11/h1-4,6-7H,5,13H2. The van der Waals surface area contributed by atoms with Gasteiger partial charge in [-0.05, 0) is 23.9 Å². The third-order valence-corrected chi connectivity index (χ3v) is 2.90. The molecule has 1 aromatic carbocycles. The zero-order chi connectivity index (χ0) is 11.4. The first-order chi connectivity index (χ1) is 7.79. The van der Waals surface area contributed by atoms with Gasteiger partial charge < -0.3 is 5.73 Å². The fourth-order valence-corrected chi connectivity index (χ4v) is 1.85. The summed E-state index contributed by atoms with van der Waals surface area (Å²) >= 11 is 1.20. The van der Waals surface area contributed by atoms with Gasteiger partial charge in [-0.2, -0.15) is 0 Å². The third kappa shape index (κ3) is 2.56. The maximum atomic E-state index is 13.3. The summed E-state index contributed by atoms with van der Waals surface area (Å²) in [5.74, 6) is -0.265. The lowest BCUT2D eigenvalue weighted by atomic mass is 10.3. The van der Waals surface area contributed by atoms with Crippen LogP contribution in [0.1, 0.15) is 5.56 Å². The lowest BCUT2D eigenvalue weighted by Gasteiger charge is -2.01. The first-order valence-electron chi connectivity index (χ1n) is 4.73. The number of hydrogen-bond acceptors (Lipinski definition) is 4. The second kappa shape index (κ2) is 5.05. The predicted octanol–water partition coefficient (Wildman–Crippen LogP) is 2.23. The maximum Gasteiger partial charge on any atom is 0.192 e. The van der Waals surface area contributed by atoms with E-state index in [9.17, 15) is 4.39 Å². The molecule has 0 saturated heterocycles. The largest absolute Gasteiger partial charge is 0.326 e. The molecule has 0 radical (unpaired) electrons. The van der Waals surface area contributed by atoms with Gasteiger partial charge in [0.1, 0.15) is 5.82 Å². The molecule has 2 rings (SSSR count). The highest BCUT2D eigenvalue weighted by atomic mass is 32.2. The van der Waals surface area contributed by atoms with Crippen molar-refractivity contribution in [2.75, 3.05) is 0 Å². The molecule has 0 aliphatic rings. The summed E-state index contributed by atoms with van der Waals surface area (Å²) < 4.78 is 13.3. The van der Waals surface area contributed by atoms with Gasteiger partial charge in [-0.3, -0.25) is 0 Å². The second-order valence-corrected chi connectivity index (χ2v) is 4.12. The smallest absolute Gasteiger partial charge is 0.192 e. The molecule has 0 fully saturated rings. The van der Waals surface area contributed by atoms with Gasteiger partial charge in [0, 0.05) is 24.5 Å². The Morgan fingerprint density at radius 1 is 1.19 bits per heavy atom. The van der Waals surface area contributed by atoms with Crippen molar-refractivity contribution < 1.29 is 4.39 Å². The van der Waals surface area contributed by atoms with Crippen molar-refractivity contribution >= 4 is 11.8 Å². The van der Waals surface area contributed by atoms with E-state index < -0.39 is 0 Å². The molecule has 16 heavy (non-hydrogen) atoms. The molecule has 82 valence electrons. The number of benzene rings is 1. The minimum absolute atomic E-state index is 0.265. The molecule has 0 atom stereocenters. The molecule has 0 bridgehead atoms. The van der Waals surface area contributed by atoms with Crippen LogP contribution in [0.5, 0.6) is 0 Å². The first-order valence-corrected chi connectivity index (χ1v) is 5.54. The van der Waals surface area contributed by atoms with Crippen LogP contribution in [0, 0.1) is 5.82 Å². The Labute approximate surface area is 96.9 Å². The van der Waals surface area contributed by atoms with E-state index in [0.717, 1.165) is 5.56 Å². The molecular formula is C11H10FN3S. The number of rotatable bonds is 3. The minimum Gasteiger partial charge on any atom is -0.326 e. The van der Waals surface area contributed by atoms with E-state index in [1.165, 1.54) is 17.8 Å². The van der Waals surface area contributed by atoms with Gasteiger partial charge >= 0.3 is 0 Å². The molecule has 0 aliphatic carbocycles. The molecule has 1 heterocycles. The normalized spacial score (nSPS) is 10.4. The SMILES string of the molecule is NCc1cnc(Sc2ccccc2F)nc1. The fourth-order valence-electron chi connectivity index (χ4n) is 1.13. The highest BCUT2D eigenvalue weighted by Crippen LogP contribution is 2.26. The van der Waals surface area contributed by atoms with E-state index in [2.05, 4.69) is 9.97 Å². The number of aromatic nitrogens is 2. The zero-order valence-corrected chi connectivity index (χ0v) is 9.25. The van der Waals surface area contributed by atoms with Crippen LogP contribution in [0.2, 0.25) is 0 Å². The van der Waals surface area contributed by atoms with Crippen LogP contribution in [0.15, 0.2) is 46.7 Å². The number of nitrogens with two attached hydrogens (primary N) is 1. The Bertz CT molecular complexity index is 473. The topological polar surface area (TPSA) is 51.8 Å². The Kier molecular flexibility index (Phi) is 3.48. The van der Waals surface area contributed by atoms with Crippen molar-refractivity contribution in [3.63, 3.8) is 0 Å². The molecule has 0 saturated carbocycles. The number of nitrogens with zero attached hydrogens (tertiary/aromatic N) is 2. The van der Waals surface area contributed by atoms with Gasteiger partial charge in [-0.25, -0.2) is 14.4 Å². The molecule has 2 N–H and O–H groups in total. The van der Waals surface area contributed by atoms with E-state index in [0.29, 0.717) is 16.6 Å². The van der Waals surface area contributed by atoms with E-state index in [1.807, 2.05) is 0 Å². The van der Waals surface area contributed by atoms with Crippen molar-refractivity contribution in [1.82, 2.24) is 9.97 Å². The van der Waals surface area contributed by atoms with Gasteiger partial charge in [0.05, 0.1) is 4.90 Å². The van der Waals surface area contributed by atoms with Crippen molar-refractivity contribution in [1.29, 1.82) is 0 Å². The Morgan fingerprint density at radius 2 is 1.88 bits per heavy atom. The van der Waals surface area contributed by atoms with Crippen molar-refractivity contribution in [3.05, 3.63) is 48.0 Å². The summed E-state index contributed by atoms with van der Waals surface area (Å²) in [6.07, 6.45) is 3.30. The first kappa shape index (κ1) is 11.0. The lowest BCUT2D eigenvalue weighted by Crippen LogP contribution is -1.98. The van der Waals surface area contributed by atoms with Crippen molar-refractivity contribution in [2.24, 2.45) is 5.73 Å². The Morgan fingerprint density at radius 3 is 2.50 bits per heavy atom. The van der Waals surface area contributed by atoms with E-state index >= 15 is 0 Å². The second-order valence-electron chi connectivity index (χ2n) is 3.11. The highest BCUT2D eigenvalue weighted by molar-refractivity contribution is 7.99. The van der Waals surface area contributed by atoms with Crippen LogP contribution in [0.3, 0.4) is 0 Å². The van der Waals surface area contributed by atoms with Crippen LogP contribution < -0.4 is 5.73 Å². The quantitative estimate of drug-likeness (QED) is 0.829. The van der Waals surface area contributed by atoms with Crippen LogP contribution >= 0.6 is 11.8 Å². The number of hydrogen-bond donors (Lipinski definition) is 1. The molecule has 5 heteroatoms. The third-order valence-electron chi connectivity index (χ3n) is 1.96. The average Bonchev–Trinajstić information content (AvgIpc) is 2.33. The van der Waals surface area contributed by atoms with Gasteiger partial charge in [0.15, 0.2) is 5.16 Å². The monoisotopic (exact) mass is 235 g/mol. The summed E-state index contributed by atoms with van der Waals surface area (Å²) in [6.45, 7) is 0.407. The molecule has 0 spiro atoms. The summed E-state index contributed by atoms with van der Waals surface area (Å²) in [4.78, 5) is 8.70. The van der Waals surface area contributed by atoms with Crippen LogP contribution in [-0.4, -0.2) is 9.97 Å².